The average Bonchev–Trinajstić information content (AvgIpc) is 3.08. The number of aliphatic hydroxyl groups is 1. The van der Waals surface area contributed by atoms with Crippen molar-refractivity contribution in [3.8, 4) is 0 Å². The van der Waals surface area contributed by atoms with Gasteiger partial charge in [0.1, 0.15) is 0 Å². The molecule has 0 saturated carbocycles. The van der Waals surface area contributed by atoms with E-state index < -0.39 is 11.6 Å². The topological polar surface area (TPSA) is 68.0 Å². The number of nitrogens with zero attached hydrogens (tertiary/aromatic N) is 3. The lowest BCUT2D eigenvalue weighted by Crippen LogP contribution is -2.29. The van der Waals surface area contributed by atoms with Gasteiger partial charge in [0.25, 0.3) is 0 Å². The number of carbonyl (C=O) groups is 1. The first-order chi connectivity index (χ1) is 10.4. The van der Waals surface area contributed by atoms with Crippen LogP contribution in [0, 0.1) is 5.41 Å². The molecule has 1 aliphatic heterocycles. The predicted octanol–water partition coefficient (Wildman–Crippen LogP) is 2.48. The lowest BCUT2D eigenvalue weighted by molar-refractivity contribution is 0.0713. The largest absolute Gasteiger partial charge is 0.395 e. The van der Waals surface area contributed by atoms with Crippen LogP contribution in [-0.2, 0) is 0 Å². The van der Waals surface area contributed by atoms with Gasteiger partial charge in [0.15, 0.2) is 12.0 Å². The van der Waals surface area contributed by atoms with Crippen molar-refractivity contribution in [2.75, 3.05) is 6.61 Å². The van der Waals surface area contributed by atoms with Gasteiger partial charge in [-0.3, -0.25) is 4.79 Å². The Hall–Kier alpha value is -2.08. The molecule has 1 aromatic carbocycles. The summed E-state index contributed by atoms with van der Waals surface area (Å²) in [5, 5.41) is 13.5. The van der Waals surface area contributed by atoms with Crippen LogP contribution in [0.1, 0.15) is 54.5 Å². The van der Waals surface area contributed by atoms with Crippen LogP contribution in [0.3, 0.4) is 0 Å². The molecular formula is C16H18FN3O2. The highest BCUT2D eigenvalue weighted by molar-refractivity contribution is 5.96. The summed E-state index contributed by atoms with van der Waals surface area (Å²) < 4.78 is 15.7. The molecule has 2 atom stereocenters. The molecule has 1 N–H and O–H groups in total. The van der Waals surface area contributed by atoms with Crippen molar-refractivity contribution in [2.24, 2.45) is 5.41 Å². The third-order valence-electron chi connectivity index (χ3n) is 4.06. The summed E-state index contributed by atoms with van der Waals surface area (Å²) in [4.78, 5) is 16.4. The molecule has 5 nitrogen and oxygen atoms in total. The van der Waals surface area contributed by atoms with E-state index in [9.17, 15) is 14.3 Å². The van der Waals surface area contributed by atoms with Crippen LogP contribution in [0.2, 0.25) is 0 Å². The number of hydrogen-bond acceptors (Lipinski definition) is 4. The van der Waals surface area contributed by atoms with Crippen molar-refractivity contribution in [2.45, 2.75) is 32.5 Å². The van der Waals surface area contributed by atoms with Crippen molar-refractivity contribution in [3.63, 3.8) is 0 Å². The van der Waals surface area contributed by atoms with Gasteiger partial charge in [-0.2, -0.15) is 0 Å². The SMILES string of the molecule is CC(C)(CO)C(=O)c1nc2n(n1)[C@H](c1ccccc1)C[C@@H]2F. The Labute approximate surface area is 127 Å². The van der Waals surface area contributed by atoms with Crippen LogP contribution < -0.4 is 0 Å². The van der Waals surface area contributed by atoms with Gasteiger partial charge in [-0.1, -0.05) is 44.2 Å². The monoisotopic (exact) mass is 303 g/mol. The molecule has 22 heavy (non-hydrogen) atoms. The summed E-state index contributed by atoms with van der Waals surface area (Å²) in [5.74, 6) is -0.223. The molecule has 0 unspecified atom stereocenters. The highest BCUT2D eigenvalue weighted by Gasteiger charge is 2.38. The molecule has 6 heteroatoms. The molecule has 0 fully saturated rings. The Morgan fingerprint density at radius 1 is 1.41 bits per heavy atom. The minimum Gasteiger partial charge on any atom is -0.395 e. The maximum atomic E-state index is 14.2. The van der Waals surface area contributed by atoms with Crippen LogP contribution in [0.25, 0.3) is 0 Å². The van der Waals surface area contributed by atoms with Crippen molar-refractivity contribution in [1.29, 1.82) is 0 Å². The summed E-state index contributed by atoms with van der Waals surface area (Å²) in [6, 6.07) is 9.24. The zero-order chi connectivity index (χ0) is 15.9. The maximum absolute atomic E-state index is 14.2. The molecular weight excluding hydrogens is 285 g/mol. The van der Waals surface area contributed by atoms with E-state index in [1.807, 2.05) is 30.3 Å². The zero-order valence-electron chi connectivity index (χ0n) is 12.5. The number of Topliss-reactive ketones (excluding diaryl/α,β-unsaturated/α-hetero) is 1. The second-order valence-electron chi connectivity index (χ2n) is 6.24. The summed E-state index contributed by atoms with van der Waals surface area (Å²) in [6.07, 6.45) is -0.964. The first-order valence-electron chi connectivity index (χ1n) is 7.25. The van der Waals surface area contributed by atoms with Gasteiger partial charge in [-0.05, 0) is 5.56 Å². The van der Waals surface area contributed by atoms with E-state index in [1.165, 1.54) is 4.68 Å². The second-order valence-corrected chi connectivity index (χ2v) is 6.24. The molecule has 3 rings (SSSR count). The van der Waals surface area contributed by atoms with Crippen LogP contribution >= 0.6 is 0 Å². The molecule has 1 aliphatic rings. The fourth-order valence-electron chi connectivity index (χ4n) is 2.60. The maximum Gasteiger partial charge on any atom is 0.218 e. The molecule has 1 aromatic heterocycles. The van der Waals surface area contributed by atoms with Gasteiger partial charge in [0.2, 0.25) is 11.6 Å². The number of ketones is 1. The Morgan fingerprint density at radius 3 is 2.73 bits per heavy atom. The number of fused-ring (bicyclic) bond motifs is 1. The Bertz CT molecular complexity index is 697. The summed E-state index contributed by atoms with van der Waals surface area (Å²) in [7, 11) is 0. The number of rotatable bonds is 4. The van der Waals surface area contributed by atoms with Gasteiger partial charge < -0.3 is 5.11 Å². The smallest absolute Gasteiger partial charge is 0.218 e. The molecule has 0 radical (unpaired) electrons. The van der Waals surface area contributed by atoms with Crippen LogP contribution in [0.15, 0.2) is 30.3 Å². The fraction of sp³-hybridized carbons (Fsp3) is 0.438. The van der Waals surface area contributed by atoms with Gasteiger partial charge in [0.05, 0.1) is 18.1 Å². The summed E-state index contributed by atoms with van der Waals surface area (Å²) >= 11 is 0. The third kappa shape index (κ3) is 2.33. The first kappa shape index (κ1) is 14.8. The minimum atomic E-state index is -1.24. The number of aliphatic hydroxyl groups excluding tert-OH is 1. The van der Waals surface area contributed by atoms with Crippen LogP contribution in [0.4, 0.5) is 4.39 Å². The second kappa shape index (κ2) is 5.28. The highest BCUT2D eigenvalue weighted by Crippen LogP contribution is 2.39. The summed E-state index contributed by atoms with van der Waals surface area (Å²) in [5.41, 5.74) is -0.0364. The van der Waals surface area contributed by atoms with Gasteiger partial charge in [-0.25, -0.2) is 14.1 Å². The van der Waals surface area contributed by atoms with E-state index in [0.717, 1.165) is 5.56 Å². The molecule has 0 amide bonds. The van der Waals surface area contributed by atoms with E-state index in [4.69, 9.17) is 0 Å². The highest BCUT2D eigenvalue weighted by atomic mass is 19.1. The number of alkyl halides is 1. The Kier molecular flexibility index (Phi) is 3.56. The average molecular weight is 303 g/mol. The molecule has 0 aliphatic carbocycles. The number of aromatic nitrogens is 3. The molecule has 2 aromatic rings. The van der Waals surface area contributed by atoms with E-state index in [1.54, 1.807) is 13.8 Å². The molecule has 2 heterocycles. The number of carbonyl (C=O) groups excluding carboxylic acids is 1. The van der Waals surface area contributed by atoms with Crippen LogP contribution in [-0.4, -0.2) is 32.3 Å². The lowest BCUT2D eigenvalue weighted by Gasteiger charge is -2.17. The Balaban J connectivity index is 1.98. The van der Waals surface area contributed by atoms with E-state index >= 15 is 0 Å². The van der Waals surface area contributed by atoms with E-state index in [2.05, 4.69) is 10.1 Å². The molecule has 0 bridgehead atoms. The predicted molar refractivity (Wildman–Crippen MR) is 78.3 cm³/mol. The molecule has 0 saturated heterocycles. The fourth-order valence-corrected chi connectivity index (χ4v) is 2.60. The Morgan fingerprint density at radius 2 is 2.09 bits per heavy atom. The van der Waals surface area contributed by atoms with E-state index in [-0.39, 0.29) is 36.5 Å². The third-order valence-corrected chi connectivity index (χ3v) is 4.06. The molecule has 116 valence electrons. The summed E-state index contributed by atoms with van der Waals surface area (Å²) in [6.45, 7) is 2.92. The van der Waals surface area contributed by atoms with E-state index in [0.29, 0.717) is 0 Å². The standard InChI is InChI=1S/C16H18FN3O2/c1-16(2,9-21)13(22)14-18-15-11(17)8-12(20(15)19-14)10-6-4-3-5-7-10/h3-7,11-12,21H,8-9H2,1-2H3/t11-,12-/m0/s1. The molecule has 0 spiro atoms. The number of hydrogen-bond donors (Lipinski definition) is 1. The van der Waals surface area contributed by atoms with Crippen molar-refractivity contribution < 1.29 is 14.3 Å². The van der Waals surface area contributed by atoms with Gasteiger partial charge in [-0.15, -0.1) is 5.10 Å². The minimum absolute atomic E-state index is 0.0302. The van der Waals surface area contributed by atoms with Gasteiger partial charge in [0, 0.05) is 6.42 Å². The zero-order valence-corrected chi connectivity index (χ0v) is 12.5. The van der Waals surface area contributed by atoms with Crippen molar-refractivity contribution in [1.82, 2.24) is 14.8 Å². The lowest BCUT2D eigenvalue weighted by atomic mass is 9.89. The first-order valence-corrected chi connectivity index (χ1v) is 7.25. The number of halogens is 1. The number of benzene rings is 1. The normalized spacial score (nSPS) is 20.9. The van der Waals surface area contributed by atoms with Crippen molar-refractivity contribution >= 4 is 5.78 Å². The van der Waals surface area contributed by atoms with Crippen LogP contribution in [0.5, 0.6) is 0 Å². The quantitative estimate of drug-likeness (QED) is 0.881. The van der Waals surface area contributed by atoms with Gasteiger partial charge >= 0.3 is 0 Å². The van der Waals surface area contributed by atoms with Crippen molar-refractivity contribution in [3.05, 3.63) is 47.5 Å².